The van der Waals surface area contributed by atoms with Crippen LogP contribution in [-0.2, 0) is 4.79 Å². The number of rotatable bonds is 7. The maximum absolute atomic E-state index is 13.6. The van der Waals surface area contributed by atoms with Gasteiger partial charge in [-0.3, -0.25) is 9.69 Å². The summed E-state index contributed by atoms with van der Waals surface area (Å²) in [5.74, 6) is 0.590. The minimum atomic E-state index is -0.267. The van der Waals surface area contributed by atoms with Crippen LogP contribution >= 0.6 is 0 Å². The van der Waals surface area contributed by atoms with Crippen LogP contribution in [0.5, 0.6) is 5.75 Å². The molecule has 2 N–H and O–H groups in total. The van der Waals surface area contributed by atoms with E-state index >= 15 is 0 Å². The van der Waals surface area contributed by atoms with Gasteiger partial charge in [-0.05, 0) is 70.1 Å². The Morgan fingerprint density at radius 1 is 1.30 bits per heavy atom. The van der Waals surface area contributed by atoms with Crippen LogP contribution in [0.4, 0.5) is 21.6 Å². The molecule has 1 aliphatic heterocycles. The quantitative estimate of drug-likeness (QED) is 0.504. The molecule has 3 aromatic rings. The Labute approximate surface area is 192 Å². The normalized spacial score (nSPS) is 16.4. The average Bonchev–Trinajstić information content (AvgIpc) is 3.20. The number of anilines is 3. The molecule has 0 unspecified atom stereocenters. The summed E-state index contributed by atoms with van der Waals surface area (Å²) < 4.78 is 19.4. The molecule has 2 heterocycles. The lowest BCUT2D eigenvalue weighted by molar-refractivity contribution is -0.111. The van der Waals surface area contributed by atoms with Crippen LogP contribution in [0.2, 0.25) is 0 Å². The molecule has 8 heteroatoms. The van der Waals surface area contributed by atoms with Crippen molar-refractivity contribution in [1.82, 2.24) is 14.9 Å². The van der Waals surface area contributed by atoms with Crippen LogP contribution in [-0.4, -0.2) is 47.0 Å². The molecule has 1 aromatic heterocycles. The van der Waals surface area contributed by atoms with Gasteiger partial charge in [0.1, 0.15) is 23.7 Å². The van der Waals surface area contributed by atoms with Crippen molar-refractivity contribution in [2.75, 3.05) is 30.8 Å². The first-order valence-corrected chi connectivity index (χ1v) is 11.1. The zero-order valence-electron chi connectivity index (χ0n) is 19.1. The van der Waals surface area contributed by atoms with Gasteiger partial charge in [-0.25, -0.2) is 14.4 Å². The molecule has 4 rings (SSSR count). The highest BCUT2D eigenvalue weighted by atomic mass is 19.1. The first-order valence-electron chi connectivity index (χ1n) is 11.1. The third kappa shape index (κ3) is 5.28. The van der Waals surface area contributed by atoms with Gasteiger partial charge in [-0.15, -0.1) is 0 Å². The summed E-state index contributed by atoms with van der Waals surface area (Å²) in [6, 6.07) is 8.64. The molecule has 0 saturated carbocycles. The first-order chi connectivity index (χ1) is 15.9. The van der Waals surface area contributed by atoms with Crippen molar-refractivity contribution in [3.8, 4) is 5.75 Å². The van der Waals surface area contributed by atoms with E-state index in [9.17, 15) is 9.18 Å². The molecule has 172 valence electrons. The van der Waals surface area contributed by atoms with Gasteiger partial charge in [0.05, 0.1) is 17.8 Å². The monoisotopic (exact) mass is 449 g/mol. The maximum Gasteiger partial charge on any atom is 0.248 e. The van der Waals surface area contributed by atoms with Gasteiger partial charge in [0.2, 0.25) is 5.91 Å². The highest BCUT2D eigenvalue weighted by Crippen LogP contribution is 2.33. The lowest BCUT2D eigenvalue weighted by Gasteiger charge is -2.16. The number of hydrogen-bond donors (Lipinski definition) is 2. The van der Waals surface area contributed by atoms with Gasteiger partial charge < -0.3 is 15.4 Å². The molecular formula is C25H28FN5O2. The number of carbonyl (C=O) groups excluding carboxylic acids is 1. The fraction of sp³-hybridized carbons (Fsp3) is 0.320. The molecule has 0 bridgehead atoms. The standard InChI is InChI=1S/C25H28FN5O2/c1-4-33-23-14-21-19(13-22(23)30-24(32)10-8-18-6-5-11-31(18)3)25(28-15-27-21)29-17-7-9-20(26)16(2)12-17/h7-10,12-15,18H,4-6,11H2,1-3H3,(H,30,32)(H,27,28,29)/b10-8+/t18-/m1/s1. The Morgan fingerprint density at radius 3 is 2.88 bits per heavy atom. The molecule has 1 aliphatic rings. The summed E-state index contributed by atoms with van der Waals surface area (Å²) in [4.78, 5) is 23.6. The van der Waals surface area contributed by atoms with E-state index in [-0.39, 0.29) is 17.8 Å². The number of nitrogens with one attached hydrogen (secondary N) is 2. The Hall–Kier alpha value is -3.52. The van der Waals surface area contributed by atoms with E-state index in [2.05, 4.69) is 32.5 Å². The number of amides is 1. The third-order valence-corrected chi connectivity index (χ3v) is 5.76. The Kier molecular flexibility index (Phi) is 6.84. The number of fused-ring (bicyclic) bond motifs is 1. The number of likely N-dealkylation sites (N-methyl/N-ethyl adjacent to an activating group) is 1. The van der Waals surface area contributed by atoms with Crippen LogP contribution in [0.15, 0.2) is 48.8 Å². The molecule has 1 fully saturated rings. The maximum atomic E-state index is 13.6. The lowest BCUT2D eigenvalue weighted by atomic mass is 10.1. The second-order valence-corrected chi connectivity index (χ2v) is 8.15. The number of aromatic nitrogens is 2. The number of benzene rings is 2. The molecule has 1 saturated heterocycles. The summed E-state index contributed by atoms with van der Waals surface area (Å²) in [5, 5.41) is 6.86. The van der Waals surface area contributed by atoms with Gasteiger partial charge in [0.25, 0.3) is 0 Å². The third-order valence-electron chi connectivity index (χ3n) is 5.76. The fourth-order valence-corrected chi connectivity index (χ4v) is 3.97. The summed E-state index contributed by atoms with van der Waals surface area (Å²) in [6.07, 6.45) is 7.16. The Morgan fingerprint density at radius 2 is 2.15 bits per heavy atom. The van der Waals surface area contributed by atoms with Gasteiger partial charge >= 0.3 is 0 Å². The van der Waals surface area contributed by atoms with Crippen molar-refractivity contribution in [2.45, 2.75) is 32.7 Å². The van der Waals surface area contributed by atoms with Crippen molar-refractivity contribution < 1.29 is 13.9 Å². The first kappa shape index (κ1) is 22.7. The molecule has 0 aliphatic carbocycles. The van der Waals surface area contributed by atoms with Crippen LogP contribution in [0.1, 0.15) is 25.3 Å². The van der Waals surface area contributed by atoms with Gasteiger partial charge in [0.15, 0.2) is 0 Å². The molecule has 1 atom stereocenters. The zero-order chi connectivity index (χ0) is 23.4. The summed E-state index contributed by atoms with van der Waals surface area (Å²) >= 11 is 0. The van der Waals surface area contributed by atoms with E-state index in [1.807, 2.05) is 13.0 Å². The van der Waals surface area contributed by atoms with Crippen molar-refractivity contribution in [2.24, 2.45) is 0 Å². The SMILES string of the molecule is CCOc1cc2ncnc(Nc3ccc(F)c(C)c3)c2cc1NC(=O)/C=C/[C@H]1CCCN1C. The molecule has 2 aromatic carbocycles. The van der Waals surface area contributed by atoms with Crippen molar-refractivity contribution in [1.29, 1.82) is 0 Å². The molecule has 7 nitrogen and oxygen atoms in total. The van der Waals surface area contributed by atoms with Crippen LogP contribution in [0.25, 0.3) is 10.9 Å². The number of likely N-dealkylation sites (tertiary alicyclic amines) is 1. The van der Waals surface area contributed by atoms with E-state index in [1.54, 1.807) is 37.3 Å². The van der Waals surface area contributed by atoms with Crippen LogP contribution < -0.4 is 15.4 Å². The van der Waals surface area contributed by atoms with E-state index in [0.717, 1.165) is 19.4 Å². The predicted octanol–water partition coefficient (Wildman–Crippen LogP) is 4.81. The smallest absolute Gasteiger partial charge is 0.248 e. The number of nitrogens with zero attached hydrogens (tertiary/aromatic N) is 3. The van der Waals surface area contributed by atoms with Gasteiger partial charge in [-0.1, -0.05) is 6.08 Å². The van der Waals surface area contributed by atoms with Gasteiger partial charge in [0, 0.05) is 29.3 Å². The van der Waals surface area contributed by atoms with E-state index in [4.69, 9.17) is 4.74 Å². The topological polar surface area (TPSA) is 79.4 Å². The summed E-state index contributed by atoms with van der Waals surface area (Å²) in [6.45, 7) is 5.08. The molecule has 1 amide bonds. The minimum absolute atomic E-state index is 0.226. The van der Waals surface area contributed by atoms with E-state index in [1.165, 1.54) is 12.4 Å². The predicted molar refractivity (Wildman–Crippen MR) is 129 cm³/mol. The number of hydrogen-bond acceptors (Lipinski definition) is 6. The lowest BCUT2D eigenvalue weighted by Crippen LogP contribution is -2.23. The molecular weight excluding hydrogens is 421 g/mol. The van der Waals surface area contributed by atoms with Gasteiger partial charge in [-0.2, -0.15) is 0 Å². The highest BCUT2D eigenvalue weighted by molar-refractivity contribution is 6.03. The van der Waals surface area contributed by atoms with Crippen LogP contribution in [0.3, 0.4) is 0 Å². The van der Waals surface area contributed by atoms with E-state index in [0.29, 0.717) is 46.0 Å². The summed E-state index contributed by atoms with van der Waals surface area (Å²) in [7, 11) is 2.06. The minimum Gasteiger partial charge on any atom is -0.492 e. The number of carbonyl (C=O) groups is 1. The highest BCUT2D eigenvalue weighted by Gasteiger charge is 2.18. The molecule has 33 heavy (non-hydrogen) atoms. The zero-order valence-corrected chi connectivity index (χ0v) is 19.1. The van der Waals surface area contributed by atoms with Crippen LogP contribution in [0, 0.1) is 12.7 Å². The number of aryl methyl sites for hydroxylation is 1. The molecule has 0 spiro atoms. The number of halogens is 1. The second-order valence-electron chi connectivity index (χ2n) is 8.15. The Balaban J connectivity index is 1.63. The van der Waals surface area contributed by atoms with E-state index < -0.39 is 0 Å². The van der Waals surface area contributed by atoms with Crippen molar-refractivity contribution in [3.63, 3.8) is 0 Å². The second kappa shape index (κ2) is 9.95. The Bertz CT molecular complexity index is 1200. The summed E-state index contributed by atoms with van der Waals surface area (Å²) in [5.41, 5.74) is 2.43. The molecule has 0 radical (unpaired) electrons. The number of ether oxygens (including phenoxy) is 1. The van der Waals surface area contributed by atoms with Crippen molar-refractivity contribution >= 4 is 34.0 Å². The average molecular weight is 450 g/mol. The largest absolute Gasteiger partial charge is 0.492 e. The van der Waals surface area contributed by atoms with Crippen molar-refractivity contribution in [3.05, 3.63) is 60.2 Å². The fourth-order valence-electron chi connectivity index (χ4n) is 3.97.